The number of aromatic nitrogens is 1. The number of nitro groups is 1. The summed E-state index contributed by atoms with van der Waals surface area (Å²) in [6.07, 6.45) is 1.45. The van der Waals surface area contributed by atoms with E-state index >= 15 is 0 Å². The summed E-state index contributed by atoms with van der Waals surface area (Å²) in [4.78, 5) is 14.7. The van der Waals surface area contributed by atoms with Gasteiger partial charge >= 0.3 is 5.69 Å². The number of halogens is 1. The first-order valence-electron chi connectivity index (χ1n) is 7.75. The van der Waals surface area contributed by atoms with Crippen LogP contribution in [-0.4, -0.2) is 17.0 Å². The summed E-state index contributed by atoms with van der Waals surface area (Å²) in [5.41, 5.74) is 1.83. The van der Waals surface area contributed by atoms with Crippen LogP contribution in [0.5, 0.6) is 5.75 Å². The summed E-state index contributed by atoms with van der Waals surface area (Å²) in [7, 11) is 1.36. The lowest BCUT2D eigenvalue weighted by Gasteiger charge is -2.08. The number of anilines is 1. The summed E-state index contributed by atoms with van der Waals surface area (Å²) < 4.78 is 24.3. The van der Waals surface area contributed by atoms with Gasteiger partial charge in [-0.25, -0.2) is 4.98 Å². The van der Waals surface area contributed by atoms with Crippen molar-refractivity contribution in [1.82, 2.24) is 4.98 Å². The summed E-state index contributed by atoms with van der Waals surface area (Å²) in [5.74, 6) is -0.360. The van der Waals surface area contributed by atoms with Crippen molar-refractivity contribution in [3.8, 4) is 17.2 Å². The lowest BCUT2D eigenvalue weighted by Crippen LogP contribution is -2.05. The molecule has 8 heteroatoms. The third-order valence-corrected chi connectivity index (χ3v) is 3.77. The van der Waals surface area contributed by atoms with E-state index in [1.54, 1.807) is 0 Å². The smallest absolute Gasteiger partial charge is 0.327 e. The monoisotopic (exact) mass is 357 g/mol. The van der Waals surface area contributed by atoms with Gasteiger partial charge in [0.15, 0.2) is 0 Å². The first kappa shape index (κ1) is 17.4. The molecule has 3 rings (SSSR count). The van der Waals surface area contributed by atoms with Gasteiger partial charge in [0.05, 0.1) is 24.3 Å². The fourth-order valence-electron chi connectivity index (χ4n) is 2.42. The third kappa shape index (κ3) is 3.64. The Balaban J connectivity index is 1.80. The fourth-order valence-corrected chi connectivity index (χ4v) is 2.42. The Morgan fingerprint density at radius 2 is 2.04 bits per heavy atom. The number of hydrogen-bond acceptors (Lipinski definition) is 6. The average molecular weight is 357 g/mol. The topological polar surface area (TPSA) is 90.4 Å². The minimum atomic E-state index is -0.975. The van der Waals surface area contributed by atoms with Crippen LogP contribution in [0.2, 0.25) is 0 Å². The van der Waals surface area contributed by atoms with Crippen molar-refractivity contribution in [2.45, 2.75) is 13.5 Å². The molecule has 1 N–H and O–H groups in total. The molecule has 0 bridgehead atoms. The average Bonchev–Trinajstić information content (AvgIpc) is 3.08. The number of benzene rings is 2. The maximum Gasteiger partial charge on any atom is 0.327 e. The Morgan fingerprint density at radius 1 is 1.31 bits per heavy atom. The Labute approximate surface area is 148 Å². The number of nitrogens with one attached hydrogen (secondary N) is 1. The van der Waals surface area contributed by atoms with Gasteiger partial charge in [0.1, 0.15) is 17.7 Å². The van der Waals surface area contributed by atoms with Gasteiger partial charge in [-0.15, -0.1) is 0 Å². The molecule has 1 heterocycles. The van der Waals surface area contributed by atoms with E-state index < -0.39 is 16.4 Å². The van der Waals surface area contributed by atoms with Gasteiger partial charge < -0.3 is 14.5 Å². The Kier molecular flexibility index (Phi) is 4.83. The van der Waals surface area contributed by atoms with Crippen LogP contribution < -0.4 is 10.1 Å². The maximum absolute atomic E-state index is 13.9. The molecular weight excluding hydrogens is 341 g/mol. The van der Waals surface area contributed by atoms with Crippen LogP contribution in [0.25, 0.3) is 11.5 Å². The predicted octanol–water partition coefficient (Wildman–Crippen LogP) is 4.32. The Hall–Kier alpha value is -3.42. The second kappa shape index (κ2) is 7.22. The highest BCUT2D eigenvalue weighted by Gasteiger charge is 2.22. The maximum atomic E-state index is 13.9. The Morgan fingerprint density at radius 3 is 2.69 bits per heavy atom. The fraction of sp³-hybridized carbons (Fsp3) is 0.167. The quantitative estimate of drug-likeness (QED) is 0.522. The van der Waals surface area contributed by atoms with Gasteiger partial charge in [0.2, 0.25) is 11.7 Å². The normalized spacial score (nSPS) is 10.6. The number of hydrogen-bond donors (Lipinski definition) is 1. The van der Waals surface area contributed by atoms with Gasteiger partial charge in [-0.1, -0.05) is 17.7 Å². The molecule has 7 nitrogen and oxygen atoms in total. The number of methoxy groups -OCH3 is 1. The second-order valence-corrected chi connectivity index (χ2v) is 5.63. The highest BCUT2D eigenvalue weighted by Crippen LogP contribution is 2.32. The second-order valence-electron chi connectivity index (χ2n) is 5.63. The highest BCUT2D eigenvalue weighted by molar-refractivity contribution is 5.65. The van der Waals surface area contributed by atoms with E-state index in [9.17, 15) is 14.5 Å². The van der Waals surface area contributed by atoms with Gasteiger partial charge in [0, 0.05) is 17.7 Å². The molecular formula is C18H16FN3O4. The molecule has 0 fully saturated rings. The zero-order valence-corrected chi connectivity index (χ0v) is 14.2. The van der Waals surface area contributed by atoms with Gasteiger partial charge in [0.25, 0.3) is 0 Å². The van der Waals surface area contributed by atoms with E-state index in [1.807, 2.05) is 31.2 Å². The van der Waals surface area contributed by atoms with Gasteiger partial charge in [-0.3, -0.25) is 10.1 Å². The molecule has 0 atom stereocenters. The third-order valence-electron chi connectivity index (χ3n) is 3.77. The van der Waals surface area contributed by atoms with Crippen molar-refractivity contribution in [3.05, 3.63) is 69.9 Å². The van der Waals surface area contributed by atoms with Crippen LogP contribution in [0.1, 0.15) is 11.3 Å². The first-order valence-corrected chi connectivity index (χ1v) is 7.75. The molecule has 26 heavy (non-hydrogen) atoms. The molecule has 0 unspecified atom stereocenters. The standard InChI is InChI=1S/C18H16FN3O4/c1-11-3-5-12(6-4-11)18-21-13(10-26-18)9-20-16-8-14(25-2)7-15(19)17(16)22(23)24/h3-8,10,20H,9H2,1-2H3. The van der Waals surface area contributed by atoms with E-state index in [4.69, 9.17) is 9.15 Å². The molecule has 1 aromatic heterocycles. The van der Waals surface area contributed by atoms with Gasteiger partial charge in [-0.05, 0) is 19.1 Å². The first-order chi connectivity index (χ1) is 12.5. The van der Waals surface area contributed by atoms with Crippen LogP contribution in [-0.2, 0) is 6.54 Å². The molecule has 2 aromatic carbocycles. The SMILES string of the molecule is COc1cc(F)c([N+](=O)[O-])c(NCc2coc(-c3ccc(C)cc3)n2)c1. The van der Waals surface area contributed by atoms with Crippen molar-refractivity contribution in [3.63, 3.8) is 0 Å². The van der Waals surface area contributed by atoms with Crippen molar-refractivity contribution in [2.75, 3.05) is 12.4 Å². The summed E-state index contributed by atoms with van der Waals surface area (Å²) in [6, 6.07) is 10.00. The van der Waals surface area contributed by atoms with E-state index in [0.717, 1.165) is 17.2 Å². The number of oxazole rings is 1. The summed E-state index contributed by atoms with van der Waals surface area (Å²) >= 11 is 0. The number of ether oxygens (including phenoxy) is 1. The lowest BCUT2D eigenvalue weighted by molar-refractivity contribution is -0.386. The molecule has 3 aromatic rings. The molecule has 0 aliphatic heterocycles. The molecule has 0 amide bonds. The molecule has 0 saturated heterocycles. The number of nitro benzene ring substituents is 1. The van der Waals surface area contributed by atoms with Crippen LogP contribution >= 0.6 is 0 Å². The molecule has 0 aliphatic rings. The van der Waals surface area contributed by atoms with Crippen LogP contribution in [0.15, 0.2) is 47.1 Å². The summed E-state index contributed by atoms with van der Waals surface area (Å²) in [5, 5.41) is 13.9. The molecule has 0 aliphatic carbocycles. The predicted molar refractivity (Wildman–Crippen MR) is 93.6 cm³/mol. The van der Waals surface area contributed by atoms with Crippen LogP contribution in [0.3, 0.4) is 0 Å². The van der Waals surface area contributed by atoms with Crippen molar-refractivity contribution in [1.29, 1.82) is 0 Å². The largest absolute Gasteiger partial charge is 0.497 e. The van der Waals surface area contributed by atoms with Crippen LogP contribution in [0.4, 0.5) is 15.8 Å². The lowest BCUT2D eigenvalue weighted by atomic mass is 10.1. The number of nitrogens with zero attached hydrogens (tertiary/aromatic N) is 2. The molecule has 134 valence electrons. The minimum absolute atomic E-state index is 0.00624. The van der Waals surface area contributed by atoms with Crippen molar-refractivity contribution < 1.29 is 18.5 Å². The van der Waals surface area contributed by atoms with Crippen LogP contribution in [0, 0.1) is 22.9 Å². The molecule has 0 radical (unpaired) electrons. The summed E-state index contributed by atoms with van der Waals surface area (Å²) in [6.45, 7) is 2.11. The Bertz CT molecular complexity index is 938. The van der Waals surface area contributed by atoms with E-state index in [1.165, 1.54) is 19.4 Å². The van der Waals surface area contributed by atoms with Crippen molar-refractivity contribution in [2.24, 2.45) is 0 Å². The zero-order chi connectivity index (χ0) is 18.7. The number of aryl methyl sites for hydroxylation is 1. The van der Waals surface area contributed by atoms with E-state index in [-0.39, 0.29) is 18.0 Å². The zero-order valence-electron chi connectivity index (χ0n) is 14.2. The molecule has 0 saturated carbocycles. The number of rotatable bonds is 6. The van der Waals surface area contributed by atoms with E-state index in [0.29, 0.717) is 11.6 Å². The van der Waals surface area contributed by atoms with E-state index in [2.05, 4.69) is 10.3 Å². The highest BCUT2D eigenvalue weighted by atomic mass is 19.1. The minimum Gasteiger partial charge on any atom is -0.497 e. The molecule has 0 spiro atoms. The van der Waals surface area contributed by atoms with Crippen molar-refractivity contribution >= 4 is 11.4 Å². The van der Waals surface area contributed by atoms with Gasteiger partial charge in [-0.2, -0.15) is 4.39 Å².